The first-order chi connectivity index (χ1) is 15.1. The molecule has 0 saturated heterocycles. The van der Waals surface area contributed by atoms with Crippen molar-refractivity contribution >= 4 is 17.9 Å². The van der Waals surface area contributed by atoms with E-state index in [1.165, 1.54) is 4.90 Å². The van der Waals surface area contributed by atoms with Crippen LogP contribution in [-0.2, 0) is 14.3 Å². The fourth-order valence-corrected chi connectivity index (χ4v) is 3.37. The molecule has 3 amide bonds. The fourth-order valence-electron chi connectivity index (χ4n) is 3.37. The van der Waals surface area contributed by atoms with Crippen LogP contribution in [0.15, 0.2) is 36.9 Å². The summed E-state index contributed by atoms with van der Waals surface area (Å²) in [5, 5.41) is 5.70. The van der Waals surface area contributed by atoms with Crippen molar-refractivity contribution in [2.24, 2.45) is 5.92 Å². The number of nitrogens with zero attached hydrogens (tertiary/aromatic N) is 1. The molecule has 33 heavy (non-hydrogen) atoms. The minimum absolute atomic E-state index is 0.134. The van der Waals surface area contributed by atoms with E-state index in [1.807, 2.05) is 65.8 Å². The van der Waals surface area contributed by atoms with Gasteiger partial charge in [-0.3, -0.25) is 9.59 Å². The Morgan fingerprint density at radius 3 is 2.12 bits per heavy atom. The highest BCUT2D eigenvalue weighted by molar-refractivity contribution is 5.92. The van der Waals surface area contributed by atoms with E-state index in [0.29, 0.717) is 5.56 Å². The lowest BCUT2D eigenvalue weighted by molar-refractivity contribution is -0.143. The van der Waals surface area contributed by atoms with Crippen molar-refractivity contribution < 1.29 is 19.1 Å². The zero-order valence-electron chi connectivity index (χ0n) is 21.6. The number of nitrogens with one attached hydrogen (secondary N) is 2. The van der Waals surface area contributed by atoms with E-state index in [-0.39, 0.29) is 24.3 Å². The molecule has 1 aromatic carbocycles. The van der Waals surface area contributed by atoms with E-state index in [4.69, 9.17) is 4.74 Å². The third-order valence-corrected chi connectivity index (χ3v) is 4.76. The maximum atomic E-state index is 13.8. The average Bonchev–Trinajstić information content (AvgIpc) is 2.63. The van der Waals surface area contributed by atoms with Gasteiger partial charge in [-0.1, -0.05) is 44.2 Å². The largest absolute Gasteiger partial charge is 0.444 e. The van der Waals surface area contributed by atoms with Gasteiger partial charge in [0, 0.05) is 12.1 Å². The number of hydrogen-bond acceptors (Lipinski definition) is 4. The van der Waals surface area contributed by atoms with Gasteiger partial charge in [0.15, 0.2) is 0 Å². The molecular weight excluding hydrogens is 418 g/mol. The van der Waals surface area contributed by atoms with Crippen LogP contribution in [0.25, 0.3) is 0 Å². The summed E-state index contributed by atoms with van der Waals surface area (Å²) in [6, 6.07) is 5.71. The lowest BCUT2D eigenvalue weighted by Gasteiger charge is -2.36. The molecule has 0 aliphatic heterocycles. The number of aryl methyl sites for hydroxylation is 1. The molecule has 0 heterocycles. The smallest absolute Gasteiger partial charge is 0.408 e. The van der Waals surface area contributed by atoms with E-state index in [2.05, 4.69) is 17.2 Å². The minimum Gasteiger partial charge on any atom is -0.444 e. The van der Waals surface area contributed by atoms with Crippen molar-refractivity contribution in [2.45, 2.75) is 85.5 Å². The van der Waals surface area contributed by atoms with E-state index < -0.39 is 29.3 Å². The van der Waals surface area contributed by atoms with Crippen LogP contribution < -0.4 is 10.6 Å². The Labute approximate surface area is 198 Å². The van der Waals surface area contributed by atoms with Gasteiger partial charge in [0.05, 0.1) is 0 Å². The molecule has 0 aromatic heterocycles. The quantitative estimate of drug-likeness (QED) is 0.560. The molecule has 2 N–H and O–H groups in total. The lowest BCUT2D eigenvalue weighted by atomic mass is 9.95. The van der Waals surface area contributed by atoms with Gasteiger partial charge in [-0.15, -0.1) is 6.58 Å². The van der Waals surface area contributed by atoms with Gasteiger partial charge in [-0.2, -0.15) is 0 Å². The molecule has 0 saturated carbocycles. The number of alkyl carbamates (subject to hydrolysis) is 1. The molecule has 0 aliphatic carbocycles. The number of rotatable bonds is 8. The van der Waals surface area contributed by atoms with Crippen LogP contribution in [0.4, 0.5) is 4.79 Å². The molecule has 2 unspecified atom stereocenters. The van der Waals surface area contributed by atoms with Crippen molar-refractivity contribution in [2.75, 3.05) is 6.54 Å². The topological polar surface area (TPSA) is 87.7 Å². The maximum Gasteiger partial charge on any atom is 0.408 e. The highest BCUT2D eigenvalue weighted by Crippen LogP contribution is 2.27. The molecule has 0 spiro atoms. The summed E-state index contributed by atoms with van der Waals surface area (Å²) in [4.78, 5) is 41.2. The van der Waals surface area contributed by atoms with Gasteiger partial charge in [0.2, 0.25) is 11.8 Å². The first-order valence-electron chi connectivity index (χ1n) is 11.4. The lowest BCUT2D eigenvalue weighted by Crippen LogP contribution is -2.56. The molecule has 1 aromatic rings. The van der Waals surface area contributed by atoms with Gasteiger partial charge in [-0.25, -0.2) is 4.79 Å². The molecule has 0 radical (unpaired) electrons. The summed E-state index contributed by atoms with van der Waals surface area (Å²) in [7, 11) is 0. The Hall–Kier alpha value is -2.83. The van der Waals surface area contributed by atoms with E-state index in [0.717, 1.165) is 5.56 Å². The van der Waals surface area contributed by atoms with Crippen molar-refractivity contribution in [3.8, 4) is 0 Å². The summed E-state index contributed by atoms with van der Waals surface area (Å²) < 4.78 is 5.37. The molecule has 0 fully saturated rings. The molecule has 7 nitrogen and oxygen atoms in total. The molecule has 7 heteroatoms. The zero-order chi connectivity index (χ0) is 25.6. The van der Waals surface area contributed by atoms with E-state index >= 15 is 0 Å². The molecule has 0 aliphatic rings. The van der Waals surface area contributed by atoms with Gasteiger partial charge in [-0.05, 0) is 65.5 Å². The van der Waals surface area contributed by atoms with Crippen LogP contribution >= 0.6 is 0 Å². The minimum atomic E-state index is -0.891. The second kappa shape index (κ2) is 11.3. The fraction of sp³-hybridized carbons (Fsp3) is 0.577. The van der Waals surface area contributed by atoms with Gasteiger partial charge in [0.25, 0.3) is 0 Å². The van der Waals surface area contributed by atoms with Gasteiger partial charge >= 0.3 is 6.09 Å². The number of hydrogen-bond donors (Lipinski definition) is 2. The Kier molecular flexibility index (Phi) is 9.70. The summed E-state index contributed by atoms with van der Waals surface area (Å²) in [5.74, 6) is -0.916. The van der Waals surface area contributed by atoms with Crippen molar-refractivity contribution in [3.63, 3.8) is 0 Å². The summed E-state index contributed by atoms with van der Waals surface area (Å²) in [6.45, 7) is 20.4. The predicted molar refractivity (Wildman–Crippen MR) is 132 cm³/mol. The Bertz CT molecular complexity index is 850. The Morgan fingerprint density at radius 1 is 1.09 bits per heavy atom. The van der Waals surface area contributed by atoms with Crippen LogP contribution in [0.1, 0.15) is 72.6 Å². The average molecular weight is 460 g/mol. The second-order valence-corrected chi connectivity index (χ2v) is 10.6. The molecule has 2 atom stereocenters. The summed E-state index contributed by atoms with van der Waals surface area (Å²) in [6.07, 6.45) is 0.901. The third-order valence-electron chi connectivity index (χ3n) is 4.76. The van der Waals surface area contributed by atoms with Crippen LogP contribution in [0, 0.1) is 12.8 Å². The highest BCUT2D eigenvalue weighted by Gasteiger charge is 2.38. The zero-order valence-corrected chi connectivity index (χ0v) is 21.6. The number of amides is 3. The molecule has 184 valence electrons. The molecule has 0 bridgehead atoms. The van der Waals surface area contributed by atoms with Crippen molar-refractivity contribution in [1.29, 1.82) is 0 Å². The second-order valence-electron chi connectivity index (χ2n) is 10.6. The van der Waals surface area contributed by atoms with Crippen LogP contribution in [-0.4, -0.2) is 46.5 Å². The van der Waals surface area contributed by atoms with Crippen LogP contribution in [0.5, 0.6) is 0 Å². The Morgan fingerprint density at radius 2 is 1.67 bits per heavy atom. The predicted octanol–water partition coefficient (Wildman–Crippen LogP) is 4.51. The summed E-state index contributed by atoms with van der Waals surface area (Å²) in [5.41, 5.74) is 0.405. The highest BCUT2D eigenvalue weighted by atomic mass is 16.6. The van der Waals surface area contributed by atoms with Crippen LogP contribution in [0.3, 0.4) is 0 Å². The van der Waals surface area contributed by atoms with E-state index in [1.54, 1.807) is 26.8 Å². The van der Waals surface area contributed by atoms with Crippen molar-refractivity contribution in [1.82, 2.24) is 15.5 Å². The van der Waals surface area contributed by atoms with Gasteiger partial charge < -0.3 is 20.3 Å². The normalized spacial score (nSPS) is 13.6. The third kappa shape index (κ3) is 8.91. The Balaban J connectivity index is 3.47. The number of ether oxygens (including phenoxy) is 1. The van der Waals surface area contributed by atoms with Gasteiger partial charge in [0.1, 0.15) is 17.7 Å². The van der Waals surface area contributed by atoms with E-state index in [9.17, 15) is 14.4 Å². The monoisotopic (exact) mass is 459 g/mol. The SMILES string of the molecule is C=CCN(C(=O)C(NC(=O)OC(C)(C)C)C(C)C)C(C(=O)NC(C)(C)C)c1ccccc1C. The molecule has 1 rings (SSSR count). The standard InChI is InChI=1S/C26H41N3O4/c1-11-16-29(23(31)20(17(2)3)27-24(32)33-26(8,9)10)21(22(30)28-25(5,6)7)19-15-13-12-14-18(19)4/h11-15,17,20-21H,1,16H2,2-10H3,(H,27,32)(H,28,30). The number of carbonyl (C=O) groups excluding carboxylic acids is 3. The van der Waals surface area contributed by atoms with Crippen molar-refractivity contribution in [3.05, 3.63) is 48.0 Å². The number of carbonyl (C=O) groups is 3. The summed E-state index contributed by atoms with van der Waals surface area (Å²) >= 11 is 0. The first-order valence-corrected chi connectivity index (χ1v) is 11.4. The number of benzene rings is 1. The molecular formula is C26H41N3O4. The first kappa shape index (κ1) is 28.2. The maximum absolute atomic E-state index is 13.8. The van der Waals surface area contributed by atoms with Crippen LogP contribution in [0.2, 0.25) is 0 Å².